The maximum Gasteiger partial charge on any atom is 0.194 e. The van der Waals surface area contributed by atoms with E-state index in [0.29, 0.717) is 18.1 Å². The van der Waals surface area contributed by atoms with Crippen LogP contribution in [0.3, 0.4) is 0 Å². The average molecular weight is 461 g/mol. The summed E-state index contributed by atoms with van der Waals surface area (Å²) in [5.74, 6) is 2.71. The molecular weight excluding hydrogens is 429 g/mol. The molecule has 2 aliphatic rings. The summed E-state index contributed by atoms with van der Waals surface area (Å²) in [6.07, 6.45) is 7.73. The normalized spacial score (nSPS) is 25.0. The van der Waals surface area contributed by atoms with Crippen molar-refractivity contribution in [2.45, 2.75) is 58.1 Å². The predicted molar refractivity (Wildman–Crippen MR) is 112 cm³/mol. The van der Waals surface area contributed by atoms with Crippen LogP contribution in [0.4, 0.5) is 0 Å². The minimum absolute atomic E-state index is 0. The number of guanidine groups is 1. The second kappa shape index (κ2) is 10.4. The van der Waals surface area contributed by atoms with Crippen LogP contribution in [0.25, 0.3) is 0 Å². The molecule has 0 spiro atoms. The van der Waals surface area contributed by atoms with Crippen molar-refractivity contribution < 1.29 is 9.15 Å². The molecule has 0 bridgehead atoms. The smallest absolute Gasteiger partial charge is 0.194 e. The highest BCUT2D eigenvalue weighted by Gasteiger charge is 2.33. The third-order valence-corrected chi connectivity index (χ3v) is 5.20. The van der Waals surface area contributed by atoms with Gasteiger partial charge in [-0.25, -0.2) is 0 Å². The number of hydrogen-bond donors (Lipinski definition) is 1. The first-order chi connectivity index (χ1) is 11.8. The minimum atomic E-state index is 0. The van der Waals surface area contributed by atoms with E-state index in [4.69, 9.17) is 14.1 Å². The highest BCUT2D eigenvalue weighted by Crippen LogP contribution is 2.28. The number of halogens is 1. The molecule has 0 aliphatic carbocycles. The molecular formula is C19H32IN3O2. The molecule has 1 N–H and O–H groups in total. The van der Waals surface area contributed by atoms with E-state index in [9.17, 15) is 0 Å². The first kappa shape index (κ1) is 20.6. The van der Waals surface area contributed by atoms with Gasteiger partial charge >= 0.3 is 0 Å². The van der Waals surface area contributed by atoms with E-state index in [1.807, 2.05) is 12.1 Å². The molecule has 0 radical (unpaired) electrons. The highest BCUT2D eigenvalue weighted by atomic mass is 127. The van der Waals surface area contributed by atoms with Crippen LogP contribution < -0.4 is 5.32 Å². The number of aliphatic imine (C=N–C) groups is 1. The second-order valence-corrected chi connectivity index (χ2v) is 7.03. The van der Waals surface area contributed by atoms with E-state index in [1.54, 1.807) is 6.26 Å². The van der Waals surface area contributed by atoms with Crippen LogP contribution in [0.2, 0.25) is 0 Å². The zero-order valence-corrected chi connectivity index (χ0v) is 17.8. The Balaban J connectivity index is 0.00000225. The van der Waals surface area contributed by atoms with Crippen LogP contribution in [-0.2, 0) is 11.2 Å². The number of hydrogen-bond acceptors (Lipinski definition) is 3. The first-order valence-electron chi connectivity index (χ1n) is 9.46. The molecule has 3 unspecified atom stereocenters. The lowest BCUT2D eigenvalue weighted by atomic mass is 9.88. The summed E-state index contributed by atoms with van der Waals surface area (Å²) in [4.78, 5) is 7.31. The molecule has 0 aromatic carbocycles. The van der Waals surface area contributed by atoms with Gasteiger partial charge in [-0.1, -0.05) is 6.92 Å². The van der Waals surface area contributed by atoms with Crippen molar-refractivity contribution in [1.29, 1.82) is 0 Å². The average Bonchev–Trinajstić information content (AvgIpc) is 3.13. The van der Waals surface area contributed by atoms with Crippen molar-refractivity contribution in [2.24, 2.45) is 10.9 Å². The fourth-order valence-electron chi connectivity index (χ4n) is 3.57. The third-order valence-electron chi connectivity index (χ3n) is 5.20. The van der Waals surface area contributed by atoms with E-state index in [-0.39, 0.29) is 24.0 Å². The van der Waals surface area contributed by atoms with Crippen molar-refractivity contribution >= 4 is 29.9 Å². The Labute approximate surface area is 168 Å². The summed E-state index contributed by atoms with van der Waals surface area (Å²) in [5, 5.41) is 3.62. The van der Waals surface area contributed by atoms with Gasteiger partial charge in [0.05, 0.1) is 12.4 Å². The number of furan rings is 1. The minimum Gasteiger partial charge on any atom is -0.469 e. The van der Waals surface area contributed by atoms with Crippen LogP contribution in [0, 0.1) is 5.92 Å². The number of rotatable bonds is 5. The van der Waals surface area contributed by atoms with Crippen LogP contribution in [0.15, 0.2) is 27.8 Å². The van der Waals surface area contributed by atoms with Gasteiger partial charge in [-0.3, -0.25) is 4.99 Å². The topological polar surface area (TPSA) is 50.0 Å². The zero-order valence-electron chi connectivity index (χ0n) is 15.4. The van der Waals surface area contributed by atoms with Gasteiger partial charge in [0.25, 0.3) is 0 Å². The Kier molecular flexibility index (Phi) is 8.55. The molecule has 1 aromatic rings. The van der Waals surface area contributed by atoms with Crippen LogP contribution in [0.5, 0.6) is 0 Å². The van der Waals surface area contributed by atoms with Crippen LogP contribution >= 0.6 is 24.0 Å². The molecule has 3 rings (SSSR count). The molecule has 3 heterocycles. The van der Waals surface area contributed by atoms with E-state index in [1.165, 1.54) is 12.8 Å². The predicted octanol–water partition coefficient (Wildman–Crippen LogP) is 3.69. The molecule has 6 heteroatoms. The van der Waals surface area contributed by atoms with E-state index >= 15 is 0 Å². The molecule has 25 heavy (non-hydrogen) atoms. The van der Waals surface area contributed by atoms with Crippen LogP contribution in [-0.4, -0.2) is 49.2 Å². The SMILES string of the molecule is CCC(C)NC(=NCCc1ccco1)N1CCC2OCCCC2C1.I. The molecule has 0 amide bonds. The first-order valence-corrected chi connectivity index (χ1v) is 9.46. The Morgan fingerprint density at radius 2 is 2.32 bits per heavy atom. The Hall–Kier alpha value is -0.760. The molecule has 0 saturated carbocycles. The Bertz CT molecular complexity index is 521. The van der Waals surface area contributed by atoms with Gasteiger partial charge in [-0.2, -0.15) is 0 Å². The van der Waals surface area contributed by atoms with Crippen molar-refractivity contribution in [3.05, 3.63) is 24.2 Å². The van der Waals surface area contributed by atoms with Gasteiger partial charge in [0.15, 0.2) is 5.96 Å². The second-order valence-electron chi connectivity index (χ2n) is 7.03. The quantitative estimate of drug-likeness (QED) is 0.413. The number of ether oxygens (including phenoxy) is 1. The van der Waals surface area contributed by atoms with Gasteiger partial charge in [0.2, 0.25) is 0 Å². The molecule has 5 nitrogen and oxygen atoms in total. The number of nitrogens with one attached hydrogen (secondary N) is 1. The largest absolute Gasteiger partial charge is 0.469 e. The third kappa shape index (κ3) is 5.88. The standard InChI is InChI=1S/C19H31N3O2.HI/c1-3-15(2)21-19(20-10-8-17-7-5-12-23-17)22-11-9-18-16(14-22)6-4-13-24-18;/h5,7,12,15-16,18H,3-4,6,8-11,13-14H2,1-2H3,(H,20,21);1H. The number of likely N-dealkylation sites (tertiary alicyclic amines) is 1. The summed E-state index contributed by atoms with van der Waals surface area (Å²) < 4.78 is 11.4. The van der Waals surface area contributed by atoms with Crippen molar-refractivity contribution in [2.75, 3.05) is 26.2 Å². The summed E-state index contributed by atoms with van der Waals surface area (Å²) in [6.45, 7) is 8.22. The van der Waals surface area contributed by atoms with Gasteiger partial charge in [0, 0.05) is 44.6 Å². The summed E-state index contributed by atoms with van der Waals surface area (Å²) >= 11 is 0. The molecule has 2 aliphatic heterocycles. The van der Waals surface area contributed by atoms with E-state index in [2.05, 4.69) is 24.1 Å². The Morgan fingerprint density at radius 1 is 1.44 bits per heavy atom. The fourth-order valence-corrected chi connectivity index (χ4v) is 3.57. The van der Waals surface area contributed by atoms with Crippen LogP contribution in [0.1, 0.15) is 45.3 Å². The lowest BCUT2D eigenvalue weighted by Crippen LogP contribution is -2.53. The zero-order chi connectivity index (χ0) is 16.8. The number of fused-ring (bicyclic) bond motifs is 1. The van der Waals surface area contributed by atoms with Crippen molar-refractivity contribution in [1.82, 2.24) is 10.2 Å². The molecule has 2 fully saturated rings. The lowest BCUT2D eigenvalue weighted by Gasteiger charge is -2.42. The molecule has 3 atom stereocenters. The maximum absolute atomic E-state index is 5.94. The van der Waals surface area contributed by atoms with Gasteiger partial charge in [-0.05, 0) is 44.7 Å². The number of piperidine rings is 1. The molecule has 1 aromatic heterocycles. The highest BCUT2D eigenvalue weighted by molar-refractivity contribution is 14.0. The van der Waals surface area contributed by atoms with E-state index < -0.39 is 0 Å². The summed E-state index contributed by atoms with van der Waals surface area (Å²) in [7, 11) is 0. The van der Waals surface area contributed by atoms with Crippen molar-refractivity contribution in [3.63, 3.8) is 0 Å². The Morgan fingerprint density at radius 3 is 3.08 bits per heavy atom. The van der Waals surface area contributed by atoms with Gasteiger partial charge in [-0.15, -0.1) is 24.0 Å². The number of nitrogens with zero attached hydrogens (tertiary/aromatic N) is 2. The molecule has 2 saturated heterocycles. The summed E-state index contributed by atoms with van der Waals surface area (Å²) in [5.41, 5.74) is 0. The molecule has 142 valence electrons. The van der Waals surface area contributed by atoms with Gasteiger partial charge in [0.1, 0.15) is 5.76 Å². The lowest BCUT2D eigenvalue weighted by molar-refractivity contribution is -0.0560. The monoisotopic (exact) mass is 461 g/mol. The van der Waals surface area contributed by atoms with Gasteiger partial charge < -0.3 is 19.4 Å². The van der Waals surface area contributed by atoms with Crippen molar-refractivity contribution in [3.8, 4) is 0 Å². The fraction of sp³-hybridized carbons (Fsp3) is 0.737. The maximum atomic E-state index is 5.94. The summed E-state index contributed by atoms with van der Waals surface area (Å²) in [6, 6.07) is 4.39. The van der Waals surface area contributed by atoms with E-state index in [0.717, 1.165) is 57.2 Å².